The lowest BCUT2D eigenvalue weighted by molar-refractivity contribution is 0.764. The summed E-state index contributed by atoms with van der Waals surface area (Å²) in [6, 6.07) is 46.5. The predicted molar refractivity (Wildman–Crippen MR) is 181 cm³/mol. The van der Waals surface area contributed by atoms with Crippen molar-refractivity contribution in [2.24, 2.45) is 5.92 Å². The first-order chi connectivity index (χ1) is 21.7. The van der Waals surface area contributed by atoms with Crippen molar-refractivity contribution in [3.05, 3.63) is 157 Å². The minimum Gasteiger partial charge on any atom is -0.309 e. The van der Waals surface area contributed by atoms with Crippen LogP contribution in [0.5, 0.6) is 0 Å². The molecule has 0 fully saturated rings. The fourth-order valence-electron chi connectivity index (χ4n) is 6.36. The summed E-state index contributed by atoms with van der Waals surface area (Å²) in [7, 11) is 0. The second-order valence-electron chi connectivity index (χ2n) is 11.4. The van der Waals surface area contributed by atoms with Gasteiger partial charge in [0.1, 0.15) is 0 Å². The largest absolute Gasteiger partial charge is 0.309 e. The van der Waals surface area contributed by atoms with Crippen LogP contribution in [0.15, 0.2) is 146 Å². The molecule has 0 N–H and O–H groups in total. The van der Waals surface area contributed by atoms with E-state index >= 15 is 0 Å². The minimum absolute atomic E-state index is 0.350. The Kier molecular flexibility index (Phi) is 6.45. The molecule has 0 saturated carbocycles. The van der Waals surface area contributed by atoms with Gasteiger partial charge in [-0.2, -0.15) is 0 Å². The third-order valence-corrected chi connectivity index (χ3v) is 8.55. The van der Waals surface area contributed by atoms with Gasteiger partial charge in [0.15, 0.2) is 17.5 Å². The first-order valence-corrected chi connectivity index (χ1v) is 15.1. The molecule has 0 aliphatic heterocycles. The highest BCUT2D eigenvalue weighted by Crippen LogP contribution is 2.36. The standard InChI is InChI=1S/C40H30N4/c1-27-26-31(22-25-33(27)28-12-4-2-5-13-28)40-42-38(29-14-6-3-7-15-29)41-39(43-40)30-20-23-32(24-21-30)44-36-18-10-8-16-34(36)35-17-9-11-19-37(35)44/h2-25,27H,26H2,1H3. The highest BCUT2D eigenvalue weighted by molar-refractivity contribution is 6.09. The Balaban J connectivity index is 1.22. The maximum atomic E-state index is 5.05. The maximum Gasteiger partial charge on any atom is 0.164 e. The molecule has 7 aromatic rings. The maximum absolute atomic E-state index is 5.05. The van der Waals surface area contributed by atoms with E-state index in [0.717, 1.165) is 34.6 Å². The molecule has 0 amide bonds. The van der Waals surface area contributed by atoms with Crippen LogP contribution in [0, 0.1) is 5.92 Å². The summed E-state index contributed by atoms with van der Waals surface area (Å²) >= 11 is 0. The van der Waals surface area contributed by atoms with Gasteiger partial charge in [-0.05, 0) is 65.4 Å². The van der Waals surface area contributed by atoms with Gasteiger partial charge in [0.2, 0.25) is 0 Å². The Morgan fingerprint density at radius 2 is 1.00 bits per heavy atom. The lowest BCUT2D eigenvalue weighted by atomic mass is 9.84. The van der Waals surface area contributed by atoms with Crippen LogP contribution in [0.1, 0.15) is 24.7 Å². The van der Waals surface area contributed by atoms with E-state index in [2.05, 4.69) is 139 Å². The lowest BCUT2D eigenvalue weighted by Gasteiger charge is -2.22. The quantitative estimate of drug-likeness (QED) is 0.208. The summed E-state index contributed by atoms with van der Waals surface area (Å²) in [4.78, 5) is 15.0. The van der Waals surface area contributed by atoms with E-state index < -0.39 is 0 Å². The summed E-state index contributed by atoms with van der Waals surface area (Å²) < 4.78 is 2.33. The molecule has 1 aliphatic carbocycles. The number of para-hydroxylation sites is 2. The van der Waals surface area contributed by atoms with Crippen molar-refractivity contribution in [1.29, 1.82) is 0 Å². The normalized spacial score (nSPS) is 14.9. The number of rotatable bonds is 5. The van der Waals surface area contributed by atoms with Crippen molar-refractivity contribution in [2.45, 2.75) is 13.3 Å². The molecule has 0 bridgehead atoms. The average molecular weight is 567 g/mol. The van der Waals surface area contributed by atoms with Gasteiger partial charge in [-0.15, -0.1) is 0 Å². The molecule has 4 heteroatoms. The Morgan fingerprint density at radius 3 is 1.59 bits per heavy atom. The van der Waals surface area contributed by atoms with Crippen LogP contribution in [0.4, 0.5) is 0 Å². The molecule has 0 saturated heterocycles. The zero-order chi connectivity index (χ0) is 29.5. The number of aromatic nitrogens is 4. The number of nitrogens with zero attached hydrogens (tertiary/aromatic N) is 4. The fraction of sp³-hybridized carbons (Fsp3) is 0.0750. The van der Waals surface area contributed by atoms with Gasteiger partial charge in [0.05, 0.1) is 11.0 Å². The summed E-state index contributed by atoms with van der Waals surface area (Å²) in [5.74, 6) is 2.44. The zero-order valence-corrected chi connectivity index (χ0v) is 24.4. The van der Waals surface area contributed by atoms with Crippen LogP contribution < -0.4 is 0 Å². The number of allylic oxidation sites excluding steroid dienone is 4. The Bertz CT molecular complexity index is 2140. The summed E-state index contributed by atoms with van der Waals surface area (Å²) in [5, 5.41) is 2.50. The molecule has 0 spiro atoms. The van der Waals surface area contributed by atoms with E-state index in [1.165, 1.54) is 32.9 Å². The van der Waals surface area contributed by atoms with Crippen LogP contribution in [0.25, 0.3) is 61.4 Å². The van der Waals surface area contributed by atoms with E-state index in [-0.39, 0.29) is 0 Å². The van der Waals surface area contributed by atoms with Gasteiger partial charge < -0.3 is 4.57 Å². The van der Waals surface area contributed by atoms with E-state index in [9.17, 15) is 0 Å². The molecule has 5 aromatic carbocycles. The molecule has 1 unspecified atom stereocenters. The second-order valence-corrected chi connectivity index (χ2v) is 11.4. The highest BCUT2D eigenvalue weighted by atomic mass is 15.0. The van der Waals surface area contributed by atoms with Crippen molar-refractivity contribution < 1.29 is 0 Å². The van der Waals surface area contributed by atoms with Crippen LogP contribution in [0.2, 0.25) is 0 Å². The monoisotopic (exact) mass is 566 g/mol. The van der Waals surface area contributed by atoms with Gasteiger partial charge in [-0.25, -0.2) is 15.0 Å². The van der Waals surface area contributed by atoms with Crippen molar-refractivity contribution in [1.82, 2.24) is 19.5 Å². The number of benzene rings is 5. The van der Waals surface area contributed by atoms with Crippen LogP contribution >= 0.6 is 0 Å². The van der Waals surface area contributed by atoms with Gasteiger partial charge in [0, 0.05) is 27.6 Å². The average Bonchev–Trinajstić information content (AvgIpc) is 3.43. The molecular weight excluding hydrogens is 536 g/mol. The van der Waals surface area contributed by atoms with E-state index in [1.807, 2.05) is 18.2 Å². The van der Waals surface area contributed by atoms with Gasteiger partial charge in [-0.1, -0.05) is 116 Å². The molecule has 210 valence electrons. The van der Waals surface area contributed by atoms with E-state index in [1.54, 1.807) is 0 Å². The molecule has 0 radical (unpaired) electrons. The molecular formula is C40H30N4. The van der Waals surface area contributed by atoms with Crippen molar-refractivity contribution >= 4 is 33.0 Å². The SMILES string of the molecule is CC1CC(c2nc(-c3ccccc3)nc(-c3ccc(-n4c5ccccc5c5ccccc54)cc3)n2)=CC=C1c1ccccc1. The third kappa shape index (κ3) is 4.61. The van der Waals surface area contributed by atoms with Crippen molar-refractivity contribution in [2.75, 3.05) is 0 Å². The smallest absolute Gasteiger partial charge is 0.164 e. The summed E-state index contributed by atoms with van der Waals surface area (Å²) in [6.45, 7) is 2.28. The summed E-state index contributed by atoms with van der Waals surface area (Å²) in [5.41, 5.74) is 9.15. The topological polar surface area (TPSA) is 43.6 Å². The molecule has 2 aromatic heterocycles. The molecule has 44 heavy (non-hydrogen) atoms. The first-order valence-electron chi connectivity index (χ1n) is 15.1. The lowest BCUT2D eigenvalue weighted by Crippen LogP contribution is -2.09. The number of hydrogen-bond acceptors (Lipinski definition) is 3. The van der Waals surface area contributed by atoms with Crippen molar-refractivity contribution in [3.63, 3.8) is 0 Å². The predicted octanol–water partition coefficient (Wildman–Crippen LogP) is 9.81. The zero-order valence-electron chi connectivity index (χ0n) is 24.4. The summed E-state index contributed by atoms with van der Waals surface area (Å²) in [6.07, 6.45) is 5.28. The molecule has 1 atom stereocenters. The minimum atomic E-state index is 0.350. The Morgan fingerprint density at radius 1 is 0.500 bits per heavy atom. The van der Waals surface area contributed by atoms with Crippen LogP contribution in [0.3, 0.4) is 0 Å². The molecule has 1 aliphatic rings. The second kappa shape index (κ2) is 10.9. The van der Waals surface area contributed by atoms with E-state index in [0.29, 0.717) is 17.6 Å². The number of fused-ring (bicyclic) bond motifs is 3. The van der Waals surface area contributed by atoms with Gasteiger partial charge >= 0.3 is 0 Å². The fourth-order valence-corrected chi connectivity index (χ4v) is 6.36. The van der Waals surface area contributed by atoms with E-state index in [4.69, 9.17) is 15.0 Å². The Hall–Kier alpha value is -5.61. The molecule has 2 heterocycles. The van der Waals surface area contributed by atoms with Crippen LogP contribution in [-0.2, 0) is 0 Å². The van der Waals surface area contributed by atoms with Crippen LogP contribution in [-0.4, -0.2) is 19.5 Å². The highest BCUT2D eigenvalue weighted by Gasteiger charge is 2.21. The third-order valence-electron chi connectivity index (χ3n) is 8.55. The molecule has 4 nitrogen and oxygen atoms in total. The van der Waals surface area contributed by atoms with Crippen molar-refractivity contribution in [3.8, 4) is 28.5 Å². The first kappa shape index (κ1) is 26.1. The molecule has 8 rings (SSSR count). The number of hydrogen-bond donors (Lipinski definition) is 0. The van der Waals surface area contributed by atoms with Gasteiger partial charge in [0.25, 0.3) is 0 Å². The Labute approximate surface area is 256 Å². The van der Waals surface area contributed by atoms with Gasteiger partial charge in [-0.3, -0.25) is 0 Å².